The second-order valence-corrected chi connectivity index (χ2v) is 4.32. The van der Waals surface area contributed by atoms with Gasteiger partial charge in [-0.3, -0.25) is 0 Å². The molecular weight excluding hydrogens is 219 g/mol. The lowest BCUT2D eigenvalue weighted by Crippen LogP contribution is -2.05. The maximum Gasteiger partial charge on any atom is 0.139 e. The lowest BCUT2D eigenvalue weighted by molar-refractivity contribution is 0.187. The van der Waals surface area contributed by atoms with E-state index in [4.69, 9.17) is 4.42 Å². The van der Waals surface area contributed by atoms with E-state index in [9.17, 15) is 9.50 Å². The second kappa shape index (κ2) is 4.34. The lowest BCUT2D eigenvalue weighted by atomic mass is 9.95. The molecule has 2 aromatic rings. The molecule has 1 aromatic heterocycles. The van der Waals surface area contributed by atoms with Gasteiger partial charge in [-0.25, -0.2) is 4.39 Å². The normalized spacial score (nSPS) is 12.8. The molecule has 0 bridgehead atoms. The Morgan fingerprint density at radius 1 is 1.12 bits per heavy atom. The highest BCUT2D eigenvalue weighted by atomic mass is 19.1. The monoisotopic (exact) mass is 234 g/mol. The summed E-state index contributed by atoms with van der Waals surface area (Å²) >= 11 is 0. The molecule has 0 amide bonds. The van der Waals surface area contributed by atoms with Gasteiger partial charge in [0.2, 0.25) is 0 Å². The highest BCUT2D eigenvalue weighted by Crippen LogP contribution is 2.30. The van der Waals surface area contributed by atoms with Gasteiger partial charge in [0.1, 0.15) is 17.7 Å². The number of hydrogen-bond acceptors (Lipinski definition) is 2. The largest absolute Gasteiger partial charge is 0.466 e. The van der Waals surface area contributed by atoms with Crippen molar-refractivity contribution in [1.29, 1.82) is 0 Å². The van der Waals surface area contributed by atoms with Crippen LogP contribution in [0.25, 0.3) is 0 Å². The van der Waals surface area contributed by atoms with Crippen molar-refractivity contribution in [2.45, 2.75) is 26.9 Å². The zero-order valence-corrected chi connectivity index (χ0v) is 10.1. The van der Waals surface area contributed by atoms with Gasteiger partial charge in [0.15, 0.2) is 0 Å². The molecule has 1 aromatic carbocycles. The van der Waals surface area contributed by atoms with Crippen LogP contribution in [0.1, 0.15) is 34.1 Å². The maximum atomic E-state index is 13.2. The van der Waals surface area contributed by atoms with E-state index in [2.05, 4.69) is 0 Å². The smallest absolute Gasteiger partial charge is 0.139 e. The van der Waals surface area contributed by atoms with Crippen LogP contribution in [-0.4, -0.2) is 5.11 Å². The molecule has 0 radical (unpaired) electrons. The van der Waals surface area contributed by atoms with E-state index in [1.807, 2.05) is 6.92 Å². The van der Waals surface area contributed by atoms with Gasteiger partial charge in [-0.15, -0.1) is 0 Å². The van der Waals surface area contributed by atoms with Gasteiger partial charge in [0.05, 0.1) is 6.26 Å². The minimum absolute atomic E-state index is 0.285. The Kier molecular flexibility index (Phi) is 3.03. The van der Waals surface area contributed by atoms with E-state index in [-0.39, 0.29) is 5.82 Å². The highest BCUT2D eigenvalue weighted by Gasteiger charge is 2.20. The fraction of sp³-hybridized carbons (Fsp3) is 0.286. The fourth-order valence-corrected chi connectivity index (χ4v) is 2.15. The predicted molar refractivity (Wildman–Crippen MR) is 63.4 cm³/mol. The van der Waals surface area contributed by atoms with Gasteiger partial charge < -0.3 is 9.52 Å². The average Bonchev–Trinajstić information content (AvgIpc) is 2.62. The van der Waals surface area contributed by atoms with Crippen molar-refractivity contribution in [1.82, 2.24) is 0 Å². The van der Waals surface area contributed by atoms with Gasteiger partial charge in [0, 0.05) is 0 Å². The molecule has 1 unspecified atom stereocenters. The van der Waals surface area contributed by atoms with E-state index < -0.39 is 6.10 Å². The van der Waals surface area contributed by atoms with Crippen LogP contribution in [0, 0.1) is 26.6 Å². The van der Waals surface area contributed by atoms with Crippen LogP contribution in [0.4, 0.5) is 4.39 Å². The molecule has 2 rings (SSSR count). The first-order chi connectivity index (χ1) is 8.00. The first-order valence-corrected chi connectivity index (χ1v) is 5.49. The van der Waals surface area contributed by atoms with Crippen molar-refractivity contribution >= 4 is 0 Å². The zero-order valence-electron chi connectivity index (χ0n) is 10.1. The first-order valence-electron chi connectivity index (χ1n) is 5.49. The van der Waals surface area contributed by atoms with Gasteiger partial charge in [-0.05, 0) is 61.2 Å². The summed E-state index contributed by atoms with van der Waals surface area (Å²) in [5.41, 5.74) is 3.06. The summed E-state index contributed by atoms with van der Waals surface area (Å²) in [6, 6.07) is 4.64. The van der Waals surface area contributed by atoms with Gasteiger partial charge >= 0.3 is 0 Å². The van der Waals surface area contributed by atoms with Crippen molar-refractivity contribution in [2.75, 3.05) is 0 Å². The molecule has 90 valence electrons. The molecule has 3 heteroatoms. The van der Waals surface area contributed by atoms with Crippen molar-refractivity contribution < 1.29 is 13.9 Å². The standard InChI is InChI=1S/C14H15FO2/c1-8-4-5-17-14(8)13(16)12-9(2)6-11(15)7-10(12)3/h4-7,13,16H,1-3H3. The van der Waals surface area contributed by atoms with E-state index >= 15 is 0 Å². The second-order valence-electron chi connectivity index (χ2n) is 4.32. The van der Waals surface area contributed by atoms with Gasteiger partial charge in [-0.2, -0.15) is 0 Å². The molecule has 0 saturated carbocycles. The Hall–Kier alpha value is -1.61. The molecule has 0 fully saturated rings. The number of hydrogen-bond donors (Lipinski definition) is 1. The molecule has 2 nitrogen and oxygen atoms in total. The number of halogens is 1. The topological polar surface area (TPSA) is 33.4 Å². The molecule has 0 aliphatic heterocycles. The SMILES string of the molecule is Cc1ccoc1C(O)c1c(C)cc(F)cc1C. The number of aliphatic hydroxyl groups is 1. The van der Waals surface area contributed by atoms with Crippen LogP contribution < -0.4 is 0 Å². The Labute approximate surface area is 99.7 Å². The summed E-state index contributed by atoms with van der Waals surface area (Å²) in [4.78, 5) is 0. The van der Waals surface area contributed by atoms with E-state index in [0.717, 1.165) is 16.7 Å². The third-order valence-corrected chi connectivity index (χ3v) is 2.98. The molecular formula is C14H15FO2. The molecule has 17 heavy (non-hydrogen) atoms. The van der Waals surface area contributed by atoms with Crippen LogP contribution in [0.2, 0.25) is 0 Å². The first kappa shape index (κ1) is 11.9. The van der Waals surface area contributed by atoms with Crippen LogP contribution >= 0.6 is 0 Å². The summed E-state index contributed by atoms with van der Waals surface area (Å²) in [6.45, 7) is 5.44. The molecule has 1 atom stereocenters. The highest BCUT2D eigenvalue weighted by molar-refractivity contribution is 5.40. The van der Waals surface area contributed by atoms with E-state index in [1.165, 1.54) is 12.1 Å². The van der Waals surface area contributed by atoms with E-state index in [1.54, 1.807) is 26.2 Å². The number of aryl methyl sites for hydroxylation is 3. The maximum absolute atomic E-state index is 13.2. The number of rotatable bonds is 2. The van der Waals surface area contributed by atoms with Crippen LogP contribution in [-0.2, 0) is 0 Å². The lowest BCUT2D eigenvalue weighted by Gasteiger charge is -2.15. The van der Waals surface area contributed by atoms with E-state index in [0.29, 0.717) is 11.3 Å². The number of furan rings is 1. The molecule has 1 N–H and O–H groups in total. The minimum atomic E-state index is -0.842. The minimum Gasteiger partial charge on any atom is -0.466 e. The fourth-order valence-electron chi connectivity index (χ4n) is 2.15. The summed E-state index contributed by atoms with van der Waals surface area (Å²) < 4.78 is 18.5. The third kappa shape index (κ3) is 2.11. The summed E-state index contributed by atoms with van der Waals surface area (Å²) in [6.07, 6.45) is 0.702. The number of benzene rings is 1. The molecule has 0 aliphatic carbocycles. The van der Waals surface area contributed by atoms with Crippen LogP contribution in [0.15, 0.2) is 28.9 Å². The quantitative estimate of drug-likeness (QED) is 0.863. The van der Waals surface area contributed by atoms with Gasteiger partial charge in [0.25, 0.3) is 0 Å². The molecule has 0 spiro atoms. The Balaban J connectivity index is 2.51. The summed E-state index contributed by atoms with van der Waals surface area (Å²) in [5.74, 6) is 0.231. The van der Waals surface area contributed by atoms with Crippen molar-refractivity contribution in [3.63, 3.8) is 0 Å². The molecule has 0 aliphatic rings. The molecule has 1 heterocycles. The Bertz CT molecular complexity index is 520. The summed E-state index contributed by atoms with van der Waals surface area (Å²) in [7, 11) is 0. The zero-order chi connectivity index (χ0) is 12.6. The van der Waals surface area contributed by atoms with Crippen molar-refractivity contribution in [3.05, 3.63) is 58.3 Å². The van der Waals surface area contributed by atoms with Crippen molar-refractivity contribution in [3.8, 4) is 0 Å². The summed E-state index contributed by atoms with van der Waals surface area (Å²) in [5, 5.41) is 10.3. The Morgan fingerprint density at radius 2 is 1.71 bits per heavy atom. The van der Waals surface area contributed by atoms with Gasteiger partial charge in [-0.1, -0.05) is 0 Å². The molecule has 0 saturated heterocycles. The van der Waals surface area contributed by atoms with Crippen molar-refractivity contribution in [2.24, 2.45) is 0 Å². The van der Waals surface area contributed by atoms with Crippen LogP contribution in [0.5, 0.6) is 0 Å². The predicted octanol–water partition coefficient (Wildman–Crippen LogP) is 3.43. The van der Waals surface area contributed by atoms with Crippen LogP contribution in [0.3, 0.4) is 0 Å². The number of aliphatic hydroxyl groups excluding tert-OH is 1. The average molecular weight is 234 g/mol. The third-order valence-electron chi connectivity index (χ3n) is 2.98. The Morgan fingerprint density at radius 3 is 2.18 bits per heavy atom.